The number of hydrogen-bond acceptors (Lipinski definition) is 0. The van der Waals surface area contributed by atoms with Gasteiger partial charge in [0.25, 0.3) is 0 Å². The van der Waals surface area contributed by atoms with Crippen LogP contribution >= 0.6 is 22.6 Å². The van der Waals surface area contributed by atoms with Crippen molar-refractivity contribution in [2.24, 2.45) is 0 Å². The van der Waals surface area contributed by atoms with Crippen LogP contribution < -0.4 is 0 Å². The number of hydrogen-bond donors (Lipinski definition) is 0. The first-order valence-electron chi connectivity index (χ1n) is 1.58. The molecule has 1 aromatic rings. The van der Waals surface area contributed by atoms with Gasteiger partial charge in [0.15, 0.2) is 0 Å². The van der Waals surface area contributed by atoms with Gasteiger partial charge in [-0.1, -0.05) is 0 Å². The molecule has 1 aromatic heterocycles. The second-order valence-corrected chi connectivity index (χ2v) is 5.71. The standard InChI is InChI=1S/C4H3ISe/c5-4-2-1-3-6-4/h1-3H. The Bertz CT molecular complexity index is 111. The van der Waals surface area contributed by atoms with Crippen LogP contribution in [0.4, 0.5) is 0 Å². The van der Waals surface area contributed by atoms with Crippen molar-refractivity contribution >= 4 is 37.1 Å². The minimum absolute atomic E-state index is 0.695. The average Bonchev–Trinajstić information content (AvgIpc) is 1.86. The predicted molar refractivity (Wildman–Crippen MR) is 36.1 cm³/mol. The molecule has 0 amide bonds. The summed E-state index contributed by atoms with van der Waals surface area (Å²) >= 11 is 3.05. The van der Waals surface area contributed by atoms with E-state index in [1.54, 1.807) is 0 Å². The molecule has 0 unspecified atom stereocenters. The first kappa shape index (κ1) is 4.88. The summed E-state index contributed by atoms with van der Waals surface area (Å²) in [6, 6.07) is 4.27. The molecule has 0 aliphatic heterocycles. The maximum absolute atomic E-state index is 2.36. The molecule has 0 aromatic carbocycles. The summed E-state index contributed by atoms with van der Waals surface area (Å²) in [5, 5.41) is 0. The van der Waals surface area contributed by atoms with E-state index < -0.39 is 0 Å². The van der Waals surface area contributed by atoms with Crippen molar-refractivity contribution in [1.82, 2.24) is 0 Å². The second-order valence-electron chi connectivity index (χ2n) is 0.917. The van der Waals surface area contributed by atoms with E-state index in [0.29, 0.717) is 14.5 Å². The van der Waals surface area contributed by atoms with Crippen LogP contribution in [0.5, 0.6) is 0 Å². The Morgan fingerprint density at radius 2 is 2.50 bits per heavy atom. The average molecular weight is 257 g/mol. The third-order valence-electron chi connectivity index (χ3n) is 0.486. The normalized spacial score (nSPS) is 8.83. The Kier molecular flexibility index (Phi) is 1.74. The van der Waals surface area contributed by atoms with Gasteiger partial charge in [0.05, 0.1) is 0 Å². The third-order valence-corrected chi connectivity index (χ3v) is 3.54. The first-order chi connectivity index (χ1) is 2.89. The Labute approximate surface area is 56.5 Å². The van der Waals surface area contributed by atoms with E-state index in [4.69, 9.17) is 0 Å². The molecule has 6 heavy (non-hydrogen) atoms. The molecule has 1 heterocycles. The topological polar surface area (TPSA) is 0 Å². The van der Waals surface area contributed by atoms with E-state index in [9.17, 15) is 0 Å². The molecule has 0 atom stereocenters. The zero-order chi connectivity index (χ0) is 4.41. The second kappa shape index (κ2) is 2.15. The number of halogens is 1. The third kappa shape index (κ3) is 1.10. The van der Waals surface area contributed by atoms with Crippen LogP contribution in [0.2, 0.25) is 0 Å². The van der Waals surface area contributed by atoms with Crippen molar-refractivity contribution in [3.05, 3.63) is 19.5 Å². The van der Waals surface area contributed by atoms with Crippen LogP contribution in [-0.2, 0) is 0 Å². The van der Waals surface area contributed by atoms with Crippen molar-refractivity contribution < 1.29 is 0 Å². The summed E-state index contributed by atoms with van der Waals surface area (Å²) in [4.78, 5) is 2.22. The molecule has 0 N–H and O–H groups in total. The summed E-state index contributed by atoms with van der Waals surface area (Å²) in [6.45, 7) is 0. The van der Waals surface area contributed by atoms with Crippen LogP contribution in [-0.4, -0.2) is 14.5 Å². The van der Waals surface area contributed by atoms with Crippen molar-refractivity contribution in [3.63, 3.8) is 0 Å². The van der Waals surface area contributed by atoms with Gasteiger partial charge in [-0.25, -0.2) is 0 Å². The van der Waals surface area contributed by atoms with Crippen molar-refractivity contribution in [1.29, 1.82) is 0 Å². The fraction of sp³-hybridized carbons (Fsp3) is 0. The van der Waals surface area contributed by atoms with Gasteiger partial charge in [-0.3, -0.25) is 0 Å². The van der Waals surface area contributed by atoms with Gasteiger partial charge >= 0.3 is 56.6 Å². The van der Waals surface area contributed by atoms with E-state index in [1.807, 2.05) is 0 Å². The molecule has 0 radical (unpaired) electrons. The van der Waals surface area contributed by atoms with E-state index >= 15 is 0 Å². The van der Waals surface area contributed by atoms with Gasteiger partial charge in [-0.15, -0.1) is 0 Å². The monoisotopic (exact) mass is 258 g/mol. The predicted octanol–water partition coefficient (Wildman–Crippen LogP) is 1.35. The van der Waals surface area contributed by atoms with E-state index in [2.05, 4.69) is 39.7 Å². The molecule has 0 saturated carbocycles. The van der Waals surface area contributed by atoms with Crippen LogP contribution in [0.3, 0.4) is 0 Å². The van der Waals surface area contributed by atoms with Crippen molar-refractivity contribution in [2.45, 2.75) is 0 Å². The van der Waals surface area contributed by atoms with Crippen LogP contribution in [0.25, 0.3) is 0 Å². The van der Waals surface area contributed by atoms with Gasteiger partial charge in [0.1, 0.15) is 0 Å². The van der Waals surface area contributed by atoms with Gasteiger partial charge in [-0.2, -0.15) is 0 Å². The first-order valence-corrected chi connectivity index (χ1v) is 4.51. The van der Waals surface area contributed by atoms with Crippen molar-refractivity contribution in [3.8, 4) is 0 Å². The molecular formula is C4H3ISe. The molecule has 0 bridgehead atoms. The summed E-state index contributed by atoms with van der Waals surface area (Å²) in [5.41, 5.74) is 0. The summed E-state index contributed by atoms with van der Waals surface area (Å²) < 4.78 is 1.50. The Morgan fingerprint density at radius 1 is 1.67 bits per heavy atom. The van der Waals surface area contributed by atoms with Gasteiger partial charge < -0.3 is 0 Å². The van der Waals surface area contributed by atoms with Crippen LogP contribution in [0.15, 0.2) is 17.1 Å². The molecular weight excluding hydrogens is 254 g/mol. The van der Waals surface area contributed by atoms with Gasteiger partial charge in [0.2, 0.25) is 0 Å². The summed E-state index contributed by atoms with van der Waals surface area (Å²) in [5.74, 6) is 0. The van der Waals surface area contributed by atoms with E-state index in [0.717, 1.165) is 0 Å². The zero-order valence-electron chi connectivity index (χ0n) is 3.02. The molecule has 0 saturated heterocycles. The SMILES string of the molecule is Ic1ccc[se]1. The quantitative estimate of drug-likeness (QED) is 0.486. The maximum atomic E-state index is 2.36. The molecule has 0 spiro atoms. The zero-order valence-corrected chi connectivity index (χ0v) is 6.89. The molecule has 1 rings (SSSR count). The molecule has 0 nitrogen and oxygen atoms in total. The summed E-state index contributed by atoms with van der Waals surface area (Å²) in [7, 11) is 0. The van der Waals surface area contributed by atoms with Crippen LogP contribution in [0, 0.1) is 2.44 Å². The molecule has 0 aliphatic carbocycles. The minimum atomic E-state index is 0.695. The van der Waals surface area contributed by atoms with E-state index in [1.165, 1.54) is 2.44 Å². The van der Waals surface area contributed by atoms with E-state index in [-0.39, 0.29) is 0 Å². The van der Waals surface area contributed by atoms with Crippen LogP contribution in [0.1, 0.15) is 0 Å². The molecule has 0 aliphatic rings. The molecule has 0 fully saturated rings. The van der Waals surface area contributed by atoms with Gasteiger partial charge in [0, 0.05) is 0 Å². The molecule has 32 valence electrons. The number of rotatable bonds is 0. The van der Waals surface area contributed by atoms with Crippen molar-refractivity contribution in [2.75, 3.05) is 0 Å². The Morgan fingerprint density at radius 3 is 2.67 bits per heavy atom. The van der Waals surface area contributed by atoms with Gasteiger partial charge in [-0.05, 0) is 0 Å². The summed E-state index contributed by atoms with van der Waals surface area (Å²) in [6.07, 6.45) is 0. The fourth-order valence-corrected chi connectivity index (χ4v) is 2.16. The molecule has 2 heteroatoms. The fourth-order valence-electron chi connectivity index (χ4n) is 0.259. The Balaban J connectivity index is 3.05. The Hall–Kier alpha value is 0.729.